The molecule has 1 aromatic rings. The molecule has 0 saturated carbocycles. The van der Waals surface area contributed by atoms with Gasteiger partial charge in [-0.15, -0.1) is 0 Å². The highest BCUT2D eigenvalue weighted by atomic mass is 14.9. The molecule has 3 N–H and O–H groups in total. The van der Waals surface area contributed by atoms with Crippen LogP contribution < -0.4 is 11.1 Å². The van der Waals surface area contributed by atoms with Crippen LogP contribution in [0.4, 0.5) is 11.4 Å². The number of anilines is 2. The molecule has 0 unspecified atom stereocenters. The molecule has 2 heteroatoms. The number of benzene rings is 1. The number of hydrogen-bond donors (Lipinski definition) is 2. The van der Waals surface area contributed by atoms with Gasteiger partial charge in [-0.1, -0.05) is 32.9 Å². The fraction of sp³-hybridized carbons (Fsp3) is 0.500. The van der Waals surface area contributed by atoms with Crippen LogP contribution in [0.25, 0.3) is 0 Å². The summed E-state index contributed by atoms with van der Waals surface area (Å²) >= 11 is 0. The Labute approximate surface area is 86.5 Å². The zero-order chi connectivity index (χ0) is 10.6. The maximum absolute atomic E-state index is 5.83. The molecule has 0 saturated heterocycles. The summed E-state index contributed by atoms with van der Waals surface area (Å²) in [5, 5.41) is 3.38. The van der Waals surface area contributed by atoms with Gasteiger partial charge in [-0.2, -0.15) is 0 Å². The second-order valence-corrected chi connectivity index (χ2v) is 4.46. The highest BCUT2D eigenvalue weighted by Crippen LogP contribution is 2.23. The lowest BCUT2D eigenvalue weighted by Gasteiger charge is -2.24. The highest BCUT2D eigenvalue weighted by molar-refractivity contribution is 5.65. The molecule has 0 aromatic heterocycles. The smallest absolute Gasteiger partial charge is 0.0574 e. The van der Waals surface area contributed by atoms with E-state index >= 15 is 0 Å². The number of rotatable bonds is 4. The van der Waals surface area contributed by atoms with Crippen molar-refractivity contribution < 1.29 is 0 Å². The van der Waals surface area contributed by atoms with Crippen LogP contribution in [-0.4, -0.2) is 6.54 Å². The van der Waals surface area contributed by atoms with E-state index in [-0.39, 0.29) is 0 Å². The van der Waals surface area contributed by atoms with E-state index in [1.165, 1.54) is 0 Å². The molecule has 0 bridgehead atoms. The summed E-state index contributed by atoms with van der Waals surface area (Å²) in [6.45, 7) is 7.66. The summed E-state index contributed by atoms with van der Waals surface area (Å²) < 4.78 is 0. The van der Waals surface area contributed by atoms with E-state index in [4.69, 9.17) is 5.73 Å². The Bertz CT molecular complexity index is 292. The fourth-order valence-electron chi connectivity index (χ4n) is 1.12. The van der Waals surface area contributed by atoms with Crippen LogP contribution in [0.5, 0.6) is 0 Å². The molecule has 0 amide bonds. The van der Waals surface area contributed by atoms with E-state index in [1.807, 2.05) is 24.3 Å². The molecule has 0 atom stereocenters. The molecule has 2 nitrogen and oxygen atoms in total. The molecule has 0 radical (unpaired) electrons. The first-order valence-corrected chi connectivity index (χ1v) is 5.13. The van der Waals surface area contributed by atoms with Gasteiger partial charge in [0, 0.05) is 6.54 Å². The maximum Gasteiger partial charge on any atom is 0.0574 e. The Morgan fingerprint density at radius 1 is 1.29 bits per heavy atom. The van der Waals surface area contributed by atoms with E-state index in [2.05, 4.69) is 26.1 Å². The van der Waals surface area contributed by atoms with Gasteiger partial charge >= 0.3 is 0 Å². The lowest BCUT2D eigenvalue weighted by Crippen LogP contribution is -2.22. The number of para-hydroxylation sites is 2. The molecule has 0 aliphatic carbocycles. The van der Waals surface area contributed by atoms with Crippen LogP contribution in [-0.2, 0) is 0 Å². The zero-order valence-corrected chi connectivity index (χ0v) is 9.30. The average Bonchev–Trinajstić information content (AvgIpc) is 2.17. The van der Waals surface area contributed by atoms with Crippen LogP contribution in [0.3, 0.4) is 0 Å². The van der Waals surface area contributed by atoms with Crippen LogP contribution in [0, 0.1) is 5.41 Å². The van der Waals surface area contributed by atoms with Crippen molar-refractivity contribution in [2.75, 3.05) is 17.6 Å². The molecule has 0 aliphatic heterocycles. The lowest BCUT2D eigenvalue weighted by molar-refractivity contribution is 0.377. The predicted octanol–water partition coefficient (Wildman–Crippen LogP) is 3.12. The first-order valence-electron chi connectivity index (χ1n) is 5.13. The summed E-state index contributed by atoms with van der Waals surface area (Å²) in [5.41, 5.74) is 8.01. The van der Waals surface area contributed by atoms with E-state index in [0.717, 1.165) is 24.3 Å². The largest absolute Gasteiger partial charge is 0.397 e. The lowest BCUT2D eigenvalue weighted by atomic mass is 9.90. The minimum absolute atomic E-state index is 0.322. The Hall–Kier alpha value is -1.18. The molecule has 14 heavy (non-hydrogen) atoms. The maximum atomic E-state index is 5.83. The third kappa shape index (κ3) is 2.95. The Morgan fingerprint density at radius 2 is 1.93 bits per heavy atom. The van der Waals surface area contributed by atoms with E-state index in [0.29, 0.717) is 5.41 Å². The van der Waals surface area contributed by atoms with E-state index in [9.17, 15) is 0 Å². The normalized spacial score (nSPS) is 11.4. The van der Waals surface area contributed by atoms with Crippen LogP contribution >= 0.6 is 0 Å². The van der Waals surface area contributed by atoms with Crippen molar-refractivity contribution in [1.29, 1.82) is 0 Å². The van der Waals surface area contributed by atoms with Gasteiger partial charge in [0.25, 0.3) is 0 Å². The van der Waals surface area contributed by atoms with Crippen LogP contribution in [0.2, 0.25) is 0 Å². The Morgan fingerprint density at radius 3 is 2.50 bits per heavy atom. The topological polar surface area (TPSA) is 38.0 Å². The highest BCUT2D eigenvalue weighted by Gasteiger charge is 2.14. The summed E-state index contributed by atoms with van der Waals surface area (Å²) in [4.78, 5) is 0. The zero-order valence-electron chi connectivity index (χ0n) is 9.30. The van der Waals surface area contributed by atoms with Gasteiger partial charge in [0.2, 0.25) is 0 Å². The Balaban J connectivity index is 2.58. The minimum Gasteiger partial charge on any atom is -0.397 e. The van der Waals surface area contributed by atoms with Gasteiger partial charge in [-0.3, -0.25) is 0 Å². The van der Waals surface area contributed by atoms with E-state index < -0.39 is 0 Å². The van der Waals surface area contributed by atoms with Gasteiger partial charge in [0.15, 0.2) is 0 Å². The number of nitrogen functional groups attached to an aromatic ring is 1. The third-order valence-electron chi connectivity index (χ3n) is 2.68. The van der Waals surface area contributed by atoms with Crippen molar-refractivity contribution in [3.8, 4) is 0 Å². The number of nitrogens with one attached hydrogen (secondary N) is 1. The van der Waals surface area contributed by atoms with Crippen molar-refractivity contribution in [2.24, 2.45) is 5.41 Å². The molecule has 0 spiro atoms. The molecule has 1 rings (SSSR count). The molecule has 78 valence electrons. The molecule has 0 heterocycles. The first-order chi connectivity index (χ1) is 6.55. The minimum atomic E-state index is 0.322. The summed E-state index contributed by atoms with van der Waals surface area (Å²) in [7, 11) is 0. The third-order valence-corrected chi connectivity index (χ3v) is 2.68. The standard InChI is InChI=1S/C12H20N2/c1-4-12(2,3)9-14-11-8-6-5-7-10(11)13/h5-8,14H,4,9,13H2,1-3H3. The van der Waals surface area contributed by atoms with Gasteiger partial charge in [-0.25, -0.2) is 0 Å². The quantitative estimate of drug-likeness (QED) is 0.719. The molecular weight excluding hydrogens is 172 g/mol. The molecule has 0 fully saturated rings. The monoisotopic (exact) mass is 192 g/mol. The molecular formula is C12H20N2. The molecule has 0 aliphatic rings. The SMILES string of the molecule is CCC(C)(C)CNc1ccccc1N. The van der Waals surface area contributed by atoms with Crippen molar-refractivity contribution in [3.63, 3.8) is 0 Å². The number of nitrogens with two attached hydrogens (primary N) is 1. The summed E-state index contributed by atoms with van der Waals surface area (Å²) in [5.74, 6) is 0. The van der Waals surface area contributed by atoms with Crippen LogP contribution in [0.15, 0.2) is 24.3 Å². The van der Waals surface area contributed by atoms with Crippen molar-refractivity contribution in [1.82, 2.24) is 0 Å². The average molecular weight is 192 g/mol. The summed E-state index contributed by atoms with van der Waals surface area (Å²) in [6.07, 6.45) is 1.16. The van der Waals surface area contributed by atoms with E-state index in [1.54, 1.807) is 0 Å². The Kier molecular flexibility index (Phi) is 3.39. The van der Waals surface area contributed by atoms with Crippen LogP contribution in [0.1, 0.15) is 27.2 Å². The van der Waals surface area contributed by atoms with Gasteiger partial charge in [0.05, 0.1) is 11.4 Å². The molecule has 1 aromatic carbocycles. The second-order valence-electron chi connectivity index (χ2n) is 4.46. The van der Waals surface area contributed by atoms with Crippen molar-refractivity contribution in [2.45, 2.75) is 27.2 Å². The van der Waals surface area contributed by atoms with Gasteiger partial charge in [0.1, 0.15) is 0 Å². The second kappa shape index (κ2) is 4.36. The summed E-state index contributed by atoms with van der Waals surface area (Å²) in [6, 6.07) is 7.88. The predicted molar refractivity (Wildman–Crippen MR) is 63.4 cm³/mol. The fourth-order valence-corrected chi connectivity index (χ4v) is 1.12. The van der Waals surface area contributed by atoms with Crippen molar-refractivity contribution >= 4 is 11.4 Å². The number of hydrogen-bond acceptors (Lipinski definition) is 2. The van der Waals surface area contributed by atoms with Gasteiger partial charge < -0.3 is 11.1 Å². The van der Waals surface area contributed by atoms with Crippen molar-refractivity contribution in [3.05, 3.63) is 24.3 Å². The first kappa shape index (κ1) is 10.9. The van der Waals surface area contributed by atoms with Gasteiger partial charge in [-0.05, 0) is 24.0 Å².